The first kappa shape index (κ1) is 25.0. The number of fused-ring (bicyclic) bond motifs is 1. The third-order valence-electron chi connectivity index (χ3n) is 5.24. The molecule has 0 saturated heterocycles. The number of nitrogens with one attached hydrogen (secondary N) is 1. The lowest BCUT2D eigenvalue weighted by Crippen LogP contribution is -2.39. The predicted molar refractivity (Wildman–Crippen MR) is 130 cm³/mol. The van der Waals surface area contributed by atoms with E-state index in [9.17, 15) is 14.4 Å². The molecule has 1 atom stereocenters. The highest BCUT2D eigenvalue weighted by atomic mass is 16.6. The first-order valence-corrected chi connectivity index (χ1v) is 11.4. The quantitative estimate of drug-likeness (QED) is 0.277. The van der Waals surface area contributed by atoms with Crippen LogP contribution in [0, 0.1) is 6.92 Å². The van der Waals surface area contributed by atoms with Crippen LogP contribution in [-0.4, -0.2) is 17.7 Å². The van der Waals surface area contributed by atoms with E-state index in [1.54, 1.807) is 64.1 Å². The van der Waals surface area contributed by atoms with Gasteiger partial charge in [-0.25, -0.2) is 14.4 Å². The van der Waals surface area contributed by atoms with Crippen molar-refractivity contribution in [3.8, 4) is 5.75 Å². The molecule has 1 aromatic heterocycles. The molecule has 3 rings (SSSR count). The maximum Gasteiger partial charge on any atom is 0.408 e. The van der Waals surface area contributed by atoms with Gasteiger partial charge in [-0.1, -0.05) is 43.7 Å². The summed E-state index contributed by atoms with van der Waals surface area (Å²) < 4.78 is 16.5. The topological polar surface area (TPSA) is 94.8 Å². The van der Waals surface area contributed by atoms with Crippen molar-refractivity contribution in [2.24, 2.45) is 0 Å². The number of hydrogen-bond donors (Lipinski definition) is 1. The second-order valence-corrected chi connectivity index (χ2v) is 9.17. The average Bonchev–Trinajstić information content (AvgIpc) is 2.77. The Hall–Kier alpha value is -3.61. The van der Waals surface area contributed by atoms with Crippen LogP contribution in [0.4, 0.5) is 4.79 Å². The highest BCUT2D eigenvalue weighted by molar-refractivity contribution is 5.88. The van der Waals surface area contributed by atoms with Gasteiger partial charge in [0.25, 0.3) is 0 Å². The summed E-state index contributed by atoms with van der Waals surface area (Å²) in [6.07, 6.45) is 1.97. The zero-order chi connectivity index (χ0) is 24.9. The number of carbonyl (C=O) groups is 2. The number of carbonyl (C=O) groups excluding carboxylic acids is 2. The summed E-state index contributed by atoms with van der Waals surface area (Å²) >= 11 is 0. The lowest BCUT2D eigenvalue weighted by molar-refractivity contribution is -0.137. The summed E-state index contributed by atoms with van der Waals surface area (Å²) in [5.41, 5.74) is 1.20. The van der Waals surface area contributed by atoms with Crippen LogP contribution in [0.2, 0.25) is 0 Å². The first-order valence-electron chi connectivity index (χ1n) is 11.4. The highest BCUT2D eigenvalue weighted by Crippen LogP contribution is 2.30. The van der Waals surface area contributed by atoms with Crippen LogP contribution in [0.5, 0.6) is 5.75 Å². The average molecular weight is 466 g/mol. The Morgan fingerprint density at radius 3 is 2.44 bits per heavy atom. The van der Waals surface area contributed by atoms with Gasteiger partial charge in [0.05, 0.1) is 0 Å². The molecule has 1 N–H and O–H groups in total. The van der Waals surface area contributed by atoms with Crippen molar-refractivity contribution in [2.75, 3.05) is 0 Å². The van der Waals surface area contributed by atoms with E-state index in [1.807, 2.05) is 6.07 Å². The van der Waals surface area contributed by atoms with Gasteiger partial charge in [-0.3, -0.25) is 0 Å². The Balaban J connectivity index is 1.93. The number of aryl methyl sites for hydroxylation is 2. The van der Waals surface area contributed by atoms with Crippen LogP contribution >= 0.6 is 0 Å². The monoisotopic (exact) mass is 465 g/mol. The maximum atomic E-state index is 13.2. The van der Waals surface area contributed by atoms with E-state index in [4.69, 9.17) is 13.9 Å². The molecule has 180 valence electrons. The van der Waals surface area contributed by atoms with Crippen LogP contribution in [-0.2, 0) is 16.0 Å². The van der Waals surface area contributed by atoms with E-state index in [-0.39, 0.29) is 5.75 Å². The van der Waals surface area contributed by atoms with E-state index in [2.05, 4.69) is 12.2 Å². The summed E-state index contributed by atoms with van der Waals surface area (Å²) in [6, 6.07) is 12.7. The van der Waals surface area contributed by atoms with Crippen molar-refractivity contribution < 1.29 is 23.5 Å². The molecule has 7 nitrogen and oxygen atoms in total. The van der Waals surface area contributed by atoms with Gasteiger partial charge in [0.1, 0.15) is 16.9 Å². The summed E-state index contributed by atoms with van der Waals surface area (Å²) in [4.78, 5) is 37.8. The van der Waals surface area contributed by atoms with E-state index in [0.717, 1.165) is 30.2 Å². The number of esters is 1. The van der Waals surface area contributed by atoms with Crippen LogP contribution in [0.25, 0.3) is 11.0 Å². The number of alkyl carbamates (subject to hydrolysis) is 1. The fourth-order valence-electron chi connectivity index (χ4n) is 3.61. The number of benzene rings is 2. The molecule has 0 aliphatic carbocycles. The molecule has 0 fully saturated rings. The largest absolute Gasteiger partial charge is 0.444 e. The van der Waals surface area contributed by atoms with Gasteiger partial charge >= 0.3 is 17.7 Å². The van der Waals surface area contributed by atoms with Gasteiger partial charge in [-0.05, 0) is 63.8 Å². The van der Waals surface area contributed by atoms with Gasteiger partial charge in [-0.15, -0.1) is 0 Å². The Kier molecular flexibility index (Phi) is 7.76. The molecule has 2 aromatic carbocycles. The van der Waals surface area contributed by atoms with Crippen molar-refractivity contribution in [3.05, 3.63) is 75.6 Å². The van der Waals surface area contributed by atoms with E-state index in [0.29, 0.717) is 16.7 Å². The van der Waals surface area contributed by atoms with Crippen molar-refractivity contribution >= 4 is 23.0 Å². The zero-order valence-electron chi connectivity index (χ0n) is 20.3. The van der Waals surface area contributed by atoms with Gasteiger partial charge in [0.15, 0.2) is 6.04 Å². The van der Waals surface area contributed by atoms with Crippen molar-refractivity contribution in [3.63, 3.8) is 0 Å². The predicted octanol–water partition coefficient (Wildman–Crippen LogP) is 5.62. The summed E-state index contributed by atoms with van der Waals surface area (Å²) in [5, 5.41) is 3.42. The van der Waals surface area contributed by atoms with Crippen molar-refractivity contribution in [2.45, 2.75) is 65.5 Å². The third kappa shape index (κ3) is 6.25. The molecule has 34 heavy (non-hydrogen) atoms. The summed E-state index contributed by atoms with van der Waals surface area (Å²) in [6.45, 7) is 9.04. The van der Waals surface area contributed by atoms with Gasteiger partial charge in [0.2, 0.25) is 0 Å². The molecule has 0 bridgehead atoms. The Labute approximate surface area is 199 Å². The lowest BCUT2D eigenvalue weighted by Gasteiger charge is -2.23. The molecule has 0 spiro atoms. The Bertz CT molecular complexity index is 1220. The second kappa shape index (κ2) is 10.5. The van der Waals surface area contributed by atoms with Crippen molar-refractivity contribution in [1.82, 2.24) is 5.32 Å². The number of amides is 1. The Morgan fingerprint density at radius 1 is 1.09 bits per heavy atom. The SMILES string of the molecule is CCCCc1cc(=O)oc2c(C)c(OC(=O)C(NC(=O)OC(C)(C)C)c3ccccc3)ccc12. The summed E-state index contributed by atoms with van der Waals surface area (Å²) in [7, 11) is 0. The number of rotatable bonds is 7. The molecule has 1 unspecified atom stereocenters. The minimum Gasteiger partial charge on any atom is -0.444 e. The summed E-state index contributed by atoms with van der Waals surface area (Å²) in [5.74, 6) is -0.441. The molecular formula is C27H31NO6. The normalized spacial score (nSPS) is 12.3. The maximum absolute atomic E-state index is 13.2. The smallest absolute Gasteiger partial charge is 0.408 e. The van der Waals surface area contributed by atoms with E-state index >= 15 is 0 Å². The molecule has 3 aromatic rings. The molecule has 0 saturated carbocycles. The molecule has 0 aliphatic heterocycles. The zero-order valence-corrected chi connectivity index (χ0v) is 20.3. The van der Waals surface area contributed by atoms with E-state index < -0.39 is 29.3 Å². The molecule has 1 heterocycles. The Morgan fingerprint density at radius 2 is 1.79 bits per heavy atom. The van der Waals surface area contributed by atoms with Crippen molar-refractivity contribution in [1.29, 1.82) is 0 Å². The first-order chi connectivity index (χ1) is 16.1. The van der Waals surface area contributed by atoms with Crippen LogP contribution in [0.1, 0.15) is 63.3 Å². The van der Waals surface area contributed by atoms with Gasteiger partial charge < -0.3 is 19.2 Å². The number of ether oxygens (including phenoxy) is 2. The minimum absolute atomic E-state index is 0.250. The van der Waals surface area contributed by atoms with Crippen LogP contribution in [0.15, 0.2) is 57.7 Å². The fourth-order valence-corrected chi connectivity index (χ4v) is 3.61. The third-order valence-corrected chi connectivity index (χ3v) is 5.24. The van der Waals surface area contributed by atoms with Crippen LogP contribution in [0.3, 0.4) is 0 Å². The number of unbranched alkanes of at least 4 members (excludes halogenated alkanes) is 1. The molecule has 0 aliphatic rings. The fraction of sp³-hybridized carbons (Fsp3) is 0.370. The number of hydrogen-bond acceptors (Lipinski definition) is 6. The van der Waals surface area contributed by atoms with Crippen LogP contribution < -0.4 is 15.7 Å². The minimum atomic E-state index is -1.09. The lowest BCUT2D eigenvalue weighted by atomic mass is 10.0. The van der Waals surface area contributed by atoms with Gasteiger partial charge in [0, 0.05) is 17.0 Å². The second-order valence-electron chi connectivity index (χ2n) is 9.17. The molecule has 7 heteroatoms. The molecular weight excluding hydrogens is 434 g/mol. The molecule has 0 radical (unpaired) electrons. The standard InChI is InChI=1S/C27H31NO6/c1-6-7-11-19-16-22(29)33-24-17(2)21(15-14-20(19)24)32-25(30)23(18-12-9-8-10-13-18)28-26(31)34-27(3,4)5/h8-10,12-16,23H,6-7,11H2,1-5H3,(H,28,31). The van der Waals surface area contributed by atoms with Gasteiger partial charge in [-0.2, -0.15) is 0 Å². The highest BCUT2D eigenvalue weighted by Gasteiger charge is 2.28. The molecule has 1 amide bonds. The van der Waals surface area contributed by atoms with E-state index in [1.165, 1.54) is 6.07 Å².